The SMILES string of the molecule is C[C@H](OC(=O)c1ccccc1OCc1ccccc1)C(=O)NC(N)=O. The number of amides is 3. The van der Waals surface area contributed by atoms with Gasteiger partial charge in [-0.25, -0.2) is 9.59 Å². The lowest BCUT2D eigenvalue weighted by atomic mass is 10.2. The van der Waals surface area contributed by atoms with Crippen molar-refractivity contribution in [3.63, 3.8) is 0 Å². The maximum absolute atomic E-state index is 12.3. The van der Waals surface area contributed by atoms with Gasteiger partial charge in [-0.2, -0.15) is 0 Å². The highest BCUT2D eigenvalue weighted by Gasteiger charge is 2.22. The Morgan fingerprint density at radius 2 is 1.68 bits per heavy atom. The molecule has 0 heterocycles. The summed E-state index contributed by atoms with van der Waals surface area (Å²) in [5, 5.41) is 1.85. The zero-order valence-electron chi connectivity index (χ0n) is 13.6. The number of hydrogen-bond donors (Lipinski definition) is 2. The number of para-hydroxylation sites is 1. The van der Waals surface area contributed by atoms with Crippen molar-refractivity contribution in [1.29, 1.82) is 0 Å². The van der Waals surface area contributed by atoms with Crippen molar-refractivity contribution < 1.29 is 23.9 Å². The second-order valence-electron chi connectivity index (χ2n) is 5.17. The molecule has 0 aliphatic carbocycles. The predicted octanol–water partition coefficient (Wildman–Crippen LogP) is 2.01. The largest absolute Gasteiger partial charge is 0.488 e. The summed E-state index contributed by atoms with van der Waals surface area (Å²) >= 11 is 0. The van der Waals surface area contributed by atoms with Crippen molar-refractivity contribution in [3.05, 3.63) is 65.7 Å². The number of nitrogens with two attached hydrogens (primary N) is 1. The second kappa shape index (κ2) is 8.49. The molecule has 25 heavy (non-hydrogen) atoms. The Labute approximate surface area is 144 Å². The van der Waals surface area contributed by atoms with Crippen LogP contribution in [0.1, 0.15) is 22.8 Å². The van der Waals surface area contributed by atoms with Gasteiger partial charge in [0.05, 0.1) is 0 Å². The van der Waals surface area contributed by atoms with Gasteiger partial charge >= 0.3 is 12.0 Å². The maximum atomic E-state index is 12.3. The topological polar surface area (TPSA) is 108 Å². The standard InChI is InChI=1S/C18H18N2O5/c1-12(16(21)20-18(19)23)25-17(22)14-9-5-6-10-15(14)24-11-13-7-3-2-4-8-13/h2-10,12H,11H2,1H3,(H3,19,20,21,23)/t12-/m0/s1. The van der Waals surface area contributed by atoms with Crippen LogP contribution in [0.25, 0.3) is 0 Å². The number of esters is 1. The van der Waals surface area contributed by atoms with E-state index in [1.54, 1.807) is 18.2 Å². The summed E-state index contributed by atoms with van der Waals surface area (Å²) in [6, 6.07) is 15.0. The van der Waals surface area contributed by atoms with Crippen LogP contribution >= 0.6 is 0 Å². The summed E-state index contributed by atoms with van der Waals surface area (Å²) in [6.45, 7) is 1.62. The zero-order valence-corrected chi connectivity index (χ0v) is 13.6. The van der Waals surface area contributed by atoms with Crippen molar-refractivity contribution in [2.75, 3.05) is 0 Å². The van der Waals surface area contributed by atoms with Crippen LogP contribution in [0.3, 0.4) is 0 Å². The molecule has 130 valence electrons. The minimum absolute atomic E-state index is 0.178. The minimum Gasteiger partial charge on any atom is -0.488 e. The molecule has 2 aromatic carbocycles. The van der Waals surface area contributed by atoms with Gasteiger partial charge in [0.1, 0.15) is 17.9 Å². The Hall–Kier alpha value is -3.35. The predicted molar refractivity (Wildman–Crippen MR) is 89.8 cm³/mol. The average Bonchev–Trinajstić information content (AvgIpc) is 2.60. The smallest absolute Gasteiger partial charge is 0.342 e. The summed E-state index contributed by atoms with van der Waals surface area (Å²) in [7, 11) is 0. The third-order valence-corrected chi connectivity index (χ3v) is 3.24. The van der Waals surface area contributed by atoms with Gasteiger partial charge in [-0.1, -0.05) is 42.5 Å². The molecule has 0 unspecified atom stereocenters. The van der Waals surface area contributed by atoms with E-state index in [-0.39, 0.29) is 12.2 Å². The molecule has 7 nitrogen and oxygen atoms in total. The highest BCUT2D eigenvalue weighted by atomic mass is 16.5. The Morgan fingerprint density at radius 1 is 1.04 bits per heavy atom. The van der Waals surface area contributed by atoms with Crippen molar-refractivity contribution in [3.8, 4) is 5.75 Å². The van der Waals surface area contributed by atoms with Gasteiger partial charge in [-0.15, -0.1) is 0 Å². The summed E-state index contributed by atoms with van der Waals surface area (Å²) in [5.41, 5.74) is 5.98. The van der Waals surface area contributed by atoms with Crippen LogP contribution in [0.4, 0.5) is 4.79 Å². The number of ether oxygens (including phenoxy) is 2. The summed E-state index contributed by atoms with van der Waals surface area (Å²) < 4.78 is 10.7. The first-order chi connectivity index (χ1) is 12.0. The van der Waals surface area contributed by atoms with E-state index in [4.69, 9.17) is 15.2 Å². The number of carbonyl (C=O) groups is 3. The van der Waals surface area contributed by atoms with Crippen molar-refractivity contribution in [1.82, 2.24) is 5.32 Å². The summed E-state index contributed by atoms with van der Waals surface area (Å²) in [5.74, 6) is -1.21. The van der Waals surface area contributed by atoms with Crippen molar-refractivity contribution >= 4 is 17.9 Å². The molecular weight excluding hydrogens is 324 g/mol. The van der Waals surface area contributed by atoms with Gasteiger partial charge in [-0.3, -0.25) is 10.1 Å². The van der Waals surface area contributed by atoms with E-state index in [2.05, 4.69) is 0 Å². The Kier molecular flexibility index (Phi) is 6.11. The molecule has 7 heteroatoms. The molecule has 0 aliphatic rings. The minimum atomic E-state index is -1.18. The number of benzene rings is 2. The quantitative estimate of drug-likeness (QED) is 0.781. The average molecular weight is 342 g/mol. The van der Waals surface area contributed by atoms with Gasteiger partial charge in [0.2, 0.25) is 0 Å². The third-order valence-electron chi connectivity index (χ3n) is 3.24. The van der Waals surface area contributed by atoms with Crippen LogP contribution < -0.4 is 15.8 Å². The molecule has 1 atom stereocenters. The van der Waals surface area contributed by atoms with Crippen molar-refractivity contribution in [2.45, 2.75) is 19.6 Å². The van der Waals surface area contributed by atoms with E-state index in [9.17, 15) is 14.4 Å². The number of primary amides is 1. The molecule has 3 amide bonds. The van der Waals surface area contributed by atoms with Gasteiger partial charge < -0.3 is 15.2 Å². The number of imide groups is 1. The van der Waals surface area contributed by atoms with Crippen LogP contribution in [0, 0.1) is 0 Å². The Bertz CT molecular complexity index is 761. The molecule has 0 radical (unpaired) electrons. The molecule has 0 saturated heterocycles. The van der Waals surface area contributed by atoms with E-state index in [1.807, 2.05) is 35.6 Å². The van der Waals surface area contributed by atoms with E-state index in [0.717, 1.165) is 5.56 Å². The van der Waals surface area contributed by atoms with E-state index in [1.165, 1.54) is 13.0 Å². The molecule has 0 aromatic heterocycles. The monoisotopic (exact) mass is 342 g/mol. The Morgan fingerprint density at radius 3 is 2.36 bits per heavy atom. The van der Waals surface area contributed by atoms with E-state index < -0.39 is 24.0 Å². The molecule has 0 bridgehead atoms. The van der Waals surface area contributed by atoms with Crippen LogP contribution in [-0.4, -0.2) is 24.0 Å². The first kappa shape index (κ1) is 18.0. The van der Waals surface area contributed by atoms with Crippen LogP contribution in [-0.2, 0) is 16.1 Å². The summed E-state index contributed by atoms with van der Waals surface area (Å²) in [4.78, 5) is 34.5. The molecule has 0 fully saturated rings. The van der Waals surface area contributed by atoms with Gasteiger partial charge in [0.15, 0.2) is 6.10 Å². The lowest BCUT2D eigenvalue weighted by Gasteiger charge is -2.14. The lowest BCUT2D eigenvalue weighted by Crippen LogP contribution is -2.42. The molecule has 3 N–H and O–H groups in total. The summed E-state index contributed by atoms with van der Waals surface area (Å²) in [6.07, 6.45) is -1.18. The number of hydrogen-bond acceptors (Lipinski definition) is 5. The number of rotatable bonds is 6. The highest BCUT2D eigenvalue weighted by molar-refractivity contribution is 5.98. The number of carbonyl (C=O) groups excluding carboxylic acids is 3. The van der Waals surface area contributed by atoms with E-state index >= 15 is 0 Å². The van der Waals surface area contributed by atoms with Gasteiger partial charge in [-0.05, 0) is 24.6 Å². The molecular formula is C18H18N2O5. The first-order valence-electron chi connectivity index (χ1n) is 7.54. The fourth-order valence-electron chi connectivity index (χ4n) is 2.00. The molecule has 0 saturated carbocycles. The van der Waals surface area contributed by atoms with Crippen LogP contribution in [0.5, 0.6) is 5.75 Å². The van der Waals surface area contributed by atoms with Crippen LogP contribution in [0.15, 0.2) is 54.6 Å². The maximum Gasteiger partial charge on any atom is 0.342 e. The zero-order chi connectivity index (χ0) is 18.2. The van der Waals surface area contributed by atoms with E-state index in [0.29, 0.717) is 5.75 Å². The third kappa shape index (κ3) is 5.35. The first-order valence-corrected chi connectivity index (χ1v) is 7.54. The normalized spacial score (nSPS) is 11.2. The second-order valence-corrected chi connectivity index (χ2v) is 5.17. The molecule has 0 aliphatic heterocycles. The van der Waals surface area contributed by atoms with Gasteiger partial charge in [0, 0.05) is 0 Å². The molecule has 2 rings (SSSR count). The molecule has 0 spiro atoms. The highest BCUT2D eigenvalue weighted by Crippen LogP contribution is 2.21. The fraction of sp³-hybridized carbons (Fsp3) is 0.167. The lowest BCUT2D eigenvalue weighted by molar-refractivity contribution is -0.127. The molecule has 2 aromatic rings. The number of nitrogens with one attached hydrogen (secondary N) is 1. The Balaban J connectivity index is 2.04. The van der Waals surface area contributed by atoms with Crippen molar-refractivity contribution in [2.24, 2.45) is 5.73 Å². The van der Waals surface area contributed by atoms with Crippen LogP contribution in [0.2, 0.25) is 0 Å². The van der Waals surface area contributed by atoms with Gasteiger partial charge in [0.25, 0.3) is 5.91 Å². The fourth-order valence-corrected chi connectivity index (χ4v) is 2.00. The number of urea groups is 1.